The van der Waals surface area contributed by atoms with E-state index in [1.165, 1.54) is 18.9 Å². The van der Waals surface area contributed by atoms with Gasteiger partial charge < -0.3 is 4.74 Å². The number of ether oxygens (including phenoxy) is 1. The molecule has 0 fully saturated rings. The van der Waals surface area contributed by atoms with Crippen molar-refractivity contribution in [1.29, 1.82) is 0 Å². The minimum absolute atomic E-state index is 0. The first kappa shape index (κ1) is 16.6. The number of rotatable bonds is 7. The second-order valence-corrected chi connectivity index (χ2v) is 3.25. The van der Waals surface area contributed by atoms with Crippen molar-refractivity contribution in [3.63, 3.8) is 0 Å². The number of hydrogen-bond acceptors (Lipinski definition) is 2. The fourth-order valence-electron chi connectivity index (χ4n) is 1.16. The van der Waals surface area contributed by atoms with Crippen molar-refractivity contribution in [2.45, 2.75) is 39.5 Å². The van der Waals surface area contributed by atoms with Crippen LogP contribution in [0.5, 0.6) is 0 Å². The van der Waals surface area contributed by atoms with E-state index < -0.39 is 0 Å². The van der Waals surface area contributed by atoms with E-state index in [4.69, 9.17) is 4.74 Å². The predicted molar refractivity (Wildman–Crippen MR) is 60.2 cm³/mol. The van der Waals surface area contributed by atoms with Crippen LogP contribution in [0.2, 0.25) is 0 Å². The molecule has 14 heavy (non-hydrogen) atoms. The summed E-state index contributed by atoms with van der Waals surface area (Å²) < 4.78 is 4.98. The molecule has 0 saturated heterocycles. The maximum Gasteiger partial charge on any atom is 0.330 e. The first-order chi connectivity index (χ1) is 6.24. The van der Waals surface area contributed by atoms with Gasteiger partial charge in [-0.15, -0.1) is 0 Å². The van der Waals surface area contributed by atoms with Gasteiger partial charge in [-0.3, -0.25) is 0 Å². The molecule has 1 unspecified atom stereocenters. The molecule has 1 radical (unpaired) electrons. The molecule has 3 heteroatoms. The summed E-state index contributed by atoms with van der Waals surface area (Å²) in [6, 6.07) is 0. The molecule has 0 aromatic rings. The van der Waals surface area contributed by atoms with Crippen LogP contribution in [-0.2, 0) is 9.53 Å². The second kappa shape index (κ2) is 11.3. The van der Waals surface area contributed by atoms with E-state index >= 15 is 0 Å². The van der Waals surface area contributed by atoms with Gasteiger partial charge in [0.1, 0.15) is 0 Å². The molecule has 0 aliphatic heterocycles. The first-order valence-electron chi connectivity index (χ1n) is 5.03. The minimum atomic E-state index is -0.310. The van der Waals surface area contributed by atoms with Gasteiger partial charge in [-0.25, -0.2) is 4.79 Å². The van der Waals surface area contributed by atoms with Gasteiger partial charge in [0.05, 0.1) is 6.61 Å². The topological polar surface area (TPSA) is 26.3 Å². The zero-order chi connectivity index (χ0) is 10.1. The molecule has 0 aromatic heterocycles. The predicted octanol–water partition coefficient (Wildman–Crippen LogP) is 2.55. The van der Waals surface area contributed by atoms with Crippen molar-refractivity contribution in [1.82, 2.24) is 0 Å². The molecule has 0 N–H and O–H groups in total. The van der Waals surface area contributed by atoms with E-state index in [9.17, 15) is 4.79 Å². The summed E-state index contributed by atoms with van der Waals surface area (Å²) >= 11 is 0. The van der Waals surface area contributed by atoms with Gasteiger partial charge in [0.2, 0.25) is 0 Å². The molecule has 1 atom stereocenters. The average molecular weight is 207 g/mol. The quantitative estimate of drug-likeness (QED) is 0.364. The maximum absolute atomic E-state index is 10.8. The summed E-state index contributed by atoms with van der Waals surface area (Å²) in [5, 5.41) is 0. The van der Waals surface area contributed by atoms with E-state index in [2.05, 4.69) is 20.4 Å². The zero-order valence-corrected chi connectivity index (χ0v) is 11.7. The Bertz CT molecular complexity index is 157. The summed E-state index contributed by atoms with van der Waals surface area (Å²) in [4.78, 5) is 10.8. The zero-order valence-electron chi connectivity index (χ0n) is 9.71. The number of hydrogen-bond donors (Lipinski definition) is 0. The van der Waals surface area contributed by atoms with Gasteiger partial charge in [0.15, 0.2) is 0 Å². The molecule has 0 rings (SSSR count). The summed E-state index contributed by atoms with van der Waals surface area (Å²) in [6.07, 6.45) is 5.85. The molecule has 0 spiro atoms. The summed E-state index contributed by atoms with van der Waals surface area (Å²) in [5.74, 6) is 0.207. The Labute approximate surface area is 109 Å². The van der Waals surface area contributed by atoms with Gasteiger partial charge in [0.25, 0.3) is 0 Å². The van der Waals surface area contributed by atoms with Crippen LogP contribution < -0.4 is 0 Å². The van der Waals surface area contributed by atoms with Crippen molar-refractivity contribution in [2.75, 3.05) is 6.61 Å². The van der Waals surface area contributed by atoms with E-state index in [0.29, 0.717) is 12.5 Å². The van der Waals surface area contributed by atoms with E-state index in [1.54, 1.807) is 0 Å². The van der Waals surface area contributed by atoms with E-state index in [1.807, 2.05) is 0 Å². The van der Waals surface area contributed by atoms with Gasteiger partial charge >= 0.3 is 5.97 Å². The van der Waals surface area contributed by atoms with Crippen LogP contribution in [0.3, 0.4) is 0 Å². The SMILES string of the molecule is C=CC(=O)OCC(CC)CCCC.[Na]. The Balaban J connectivity index is 0. The molecule has 2 nitrogen and oxygen atoms in total. The number of carbonyl (C=O) groups excluding carboxylic acids is 1. The summed E-state index contributed by atoms with van der Waals surface area (Å²) in [7, 11) is 0. The van der Waals surface area contributed by atoms with Crippen LogP contribution in [0.25, 0.3) is 0 Å². The molecule has 0 amide bonds. The Morgan fingerprint density at radius 3 is 2.57 bits per heavy atom. The summed E-state index contributed by atoms with van der Waals surface area (Å²) in [6.45, 7) is 8.19. The standard InChI is InChI=1S/C11H20O2.Na/c1-4-7-8-10(5-2)9-13-11(12)6-3;/h6,10H,3-5,7-9H2,1-2H3;. The Hall–Kier alpha value is 0.210. The Morgan fingerprint density at radius 2 is 2.14 bits per heavy atom. The molecule has 0 aromatic carbocycles. The molecule has 0 bridgehead atoms. The van der Waals surface area contributed by atoms with Crippen LogP contribution in [-0.4, -0.2) is 42.1 Å². The molecule has 0 heterocycles. The van der Waals surface area contributed by atoms with Crippen molar-refractivity contribution in [3.05, 3.63) is 12.7 Å². The largest absolute Gasteiger partial charge is 0.462 e. The van der Waals surface area contributed by atoms with Gasteiger partial charge in [0, 0.05) is 35.6 Å². The average Bonchev–Trinajstić information content (AvgIpc) is 2.17. The molecule has 0 aliphatic carbocycles. The van der Waals surface area contributed by atoms with Gasteiger partial charge in [-0.1, -0.05) is 39.7 Å². The monoisotopic (exact) mass is 207 g/mol. The third kappa shape index (κ3) is 8.79. The van der Waals surface area contributed by atoms with Crippen LogP contribution in [0.4, 0.5) is 0 Å². The Kier molecular flexibility index (Phi) is 13.4. The fourth-order valence-corrected chi connectivity index (χ4v) is 1.16. The number of unbranched alkanes of at least 4 members (excludes halogenated alkanes) is 1. The smallest absolute Gasteiger partial charge is 0.330 e. The van der Waals surface area contributed by atoms with Crippen LogP contribution in [0.15, 0.2) is 12.7 Å². The first-order valence-corrected chi connectivity index (χ1v) is 5.03. The molecular formula is C11H20NaO2. The molecular weight excluding hydrogens is 187 g/mol. The minimum Gasteiger partial charge on any atom is -0.462 e. The summed E-state index contributed by atoms with van der Waals surface area (Å²) in [5.41, 5.74) is 0. The second-order valence-electron chi connectivity index (χ2n) is 3.25. The molecule has 0 saturated carbocycles. The number of carbonyl (C=O) groups is 1. The van der Waals surface area contributed by atoms with Crippen LogP contribution in [0, 0.1) is 5.92 Å². The molecule has 0 aliphatic rings. The Morgan fingerprint density at radius 1 is 1.50 bits per heavy atom. The van der Waals surface area contributed by atoms with Crippen molar-refractivity contribution < 1.29 is 9.53 Å². The van der Waals surface area contributed by atoms with E-state index in [0.717, 1.165) is 12.8 Å². The van der Waals surface area contributed by atoms with E-state index in [-0.39, 0.29) is 35.5 Å². The van der Waals surface area contributed by atoms with Gasteiger partial charge in [-0.05, 0) is 12.3 Å². The van der Waals surface area contributed by atoms with Crippen LogP contribution in [0.1, 0.15) is 39.5 Å². The number of esters is 1. The molecule has 77 valence electrons. The van der Waals surface area contributed by atoms with Gasteiger partial charge in [-0.2, -0.15) is 0 Å². The third-order valence-corrected chi connectivity index (χ3v) is 2.17. The third-order valence-electron chi connectivity index (χ3n) is 2.17. The maximum atomic E-state index is 10.8. The fraction of sp³-hybridized carbons (Fsp3) is 0.727. The normalized spacial score (nSPS) is 11.3. The van der Waals surface area contributed by atoms with Crippen molar-refractivity contribution in [2.24, 2.45) is 5.92 Å². The van der Waals surface area contributed by atoms with Crippen LogP contribution >= 0.6 is 0 Å². The van der Waals surface area contributed by atoms with Crippen molar-refractivity contribution in [3.8, 4) is 0 Å². The van der Waals surface area contributed by atoms with Crippen molar-refractivity contribution >= 4 is 35.5 Å².